The number of aromatic amines is 1. The summed E-state index contributed by atoms with van der Waals surface area (Å²) in [6.07, 6.45) is 6.32. The number of hydrogen-bond acceptors (Lipinski definition) is 5. The van der Waals surface area contributed by atoms with Gasteiger partial charge in [0.2, 0.25) is 4.77 Å². The van der Waals surface area contributed by atoms with Crippen LogP contribution in [0.25, 0.3) is 11.4 Å². The predicted molar refractivity (Wildman–Crippen MR) is 123 cm³/mol. The van der Waals surface area contributed by atoms with Crippen LogP contribution in [-0.2, 0) is 0 Å². The van der Waals surface area contributed by atoms with Gasteiger partial charge in [0.1, 0.15) is 0 Å². The molecule has 3 aromatic rings. The summed E-state index contributed by atoms with van der Waals surface area (Å²) in [7, 11) is 1.63. The van der Waals surface area contributed by atoms with Gasteiger partial charge in [-0.25, -0.2) is 5.10 Å². The molecular formula is C22H25ClN4O2S. The number of benzene rings is 2. The molecule has 0 fully saturated rings. The van der Waals surface area contributed by atoms with Crippen LogP contribution in [0.3, 0.4) is 0 Å². The summed E-state index contributed by atoms with van der Waals surface area (Å²) >= 11 is 11.6. The van der Waals surface area contributed by atoms with Gasteiger partial charge in [0, 0.05) is 5.56 Å². The second-order valence-corrected chi connectivity index (χ2v) is 7.50. The lowest BCUT2D eigenvalue weighted by Gasteiger charge is -2.11. The van der Waals surface area contributed by atoms with Crippen LogP contribution in [0, 0.1) is 4.77 Å². The molecule has 2 aromatic carbocycles. The lowest BCUT2D eigenvalue weighted by Crippen LogP contribution is -2.00. The highest BCUT2D eigenvalue weighted by Gasteiger charge is 2.11. The van der Waals surface area contributed by atoms with Crippen LogP contribution >= 0.6 is 23.8 Å². The Labute approximate surface area is 186 Å². The molecule has 0 bridgehead atoms. The average molecular weight is 445 g/mol. The van der Waals surface area contributed by atoms with Crippen LogP contribution in [0.15, 0.2) is 47.6 Å². The van der Waals surface area contributed by atoms with Gasteiger partial charge in [0.15, 0.2) is 17.3 Å². The quantitative estimate of drug-likeness (QED) is 0.233. The van der Waals surface area contributed by atoms with Crippen LogP contribution in [0.4, 0.5) is 0 Å². The van der Waals surface area contributed by atoms with E-state index in [1.54, 1.807) is 24.1 Å². The Morgan fingerprint density at radius 3 is 2.77 bits per heavy atom. The smallest absolute Gasteiger partial charge is 0.216 e. The van der Waals surface area contributed by atoms with Crippen molar-refractivity contribution in [1.82, 2.24) is 14.9 Å². The van der Waals surface area contributed by atoms with Gasteiger partial charge in [0.05, 0.1) is 25.0 Å². The summed E-state index contributed by atoms with van der Waals surface area (Å²) in [4.78, 5) is 0. The second kappa shape index (κ2) is 10.9. The van der Waals surface area contributed by atoms with E-state index >= 15 is 0 Å². The highest BCUT2D eigenvalue weighted by atomic mass is 35.5. The fraction of sp³-hybridized carbons (Fsp3) is 0.318. The summed E-state index contributed by atoms with van der Waals surface area (Å²) < 4.78 is 13.3. The molecule has 6 nitrogen and oxygen atoms in total. The molecule has 1 aromatic heterocycles. The number of aromatic nitrogens is 3. The first-order valence-corrected chi connectivity index (χ1v) is 10.7. The van der Waals surface area contributed by atoms with E-state index in [-0.39, 0.29) is 0 Å². The number of rotatable bonds is 10. The molecule has 0 saturated carbocycles. The Balaban J connectivity index is 1.78. The van der Waals surface area contributed by atoms with Crippen molar-refractivity contribution in [1.29, 1.82) is 0 Å². The molecule has 0 atom stereocenters. The molecule has 0 aliphatic carbocycles. The molecule has 30 heavy (non-hydrogen) atoms. The van der Waals surface area contributed by atoms with Crippen LogP contribution in [0.5, 0.6) is 11.5 Å². The summed E-state index contributed by atoms with van der Waals surface area (Å²) in [6, 6.07) is 13.1. The minimum absolute atomic E-state index is 0.375. The Kier molecular flexibility index (Phi) is 8.04. The van der Waals surface area contributed by atoms with E-state index in [1.807, 2.05) is 36.4 Å². The van der Waals surface area contributed by atoms with Gasteiger partial charge in [-0.3, -0.25) is 0 Å². The Bertz CT molecular complexity index is 1060. The molecule has 0 saturated heterocycles. The number of halogens is 1. The van der Waals surface area contributed by atoms with Crippen LogP contribution < -0.4 is 9.47 Å². The number of nitrogens with one attached hydrogen (secondary N) is 1. The molecular weight excluding hydrogens is 420 g/mol. The molecule has 0 radical (unpaired) electrons. The van der Waals surface area contributed by atoms with Crippen LogP contribution in [0.2, 0.25) is 5.02 Å². The first-order valence-electron chi connectivity index (χ1n) is 9.91. The molecule has 1 N–H and O–H groups in total. The molecule has 0 amide bonds. The maximum absolute atomic E-state index is 6.30. The van der Waals surface area contributed by atoms with E-state index in [0.717, 1.165) is 23.3 Å². The fourth-order valence-corrected chi connectivity index (χ4v) is 3.33. The maximum Gasteiger partial charge on any atom is 0.216 e. The number of methoxy groups -OCH3 is 1. The molecule has 0 unspecified atom stereocenters. The zero-order chi connectivity index (χ0) is 21.3. The minimum atomic E-state index is 0.375. The number of unbranched alkanes of at least 4 members (excludes halogenated alkanes) is 3. The third-order valence-electron chi connectivity index (χ3n) is 4.53. The zero-order valence-electron chi connectivity index (χ0n) is 17.1. The summed E-state index contributed by atoms with van der Waals surface area (Å²) in [5.41, 5.74) is 1.59. The van der Waals surface area contributed by atoms with Crippen molar-refractivity contribution in [3.63, 3.8) is 0 Å². The van der Waals surface area contributed by atoms with Gasteiger partial charge in [0.25, 0.3) is 0 Å². The Morgan fingerprint density at radius 1 is 1.17 bits per heavy atom. The van der Waals surface area contributed by atoms with Crippen molar-refractivity contribution in [3.8, 4) is 22.9 Å². The van der Waals surface area contributed by atoms with Gasteiger partial charge >= 0.3 is 0 Å². The highest BCUT2D eigenvalue weighted by Crippen LogP contribution is 2.28. The Hall–Kier alpha value is -2.64. The third kappa shape index (κ3) is 5.49. The number of nitrogens with zero attached hydrogens (tertiary/aromatic N) is 3. The monoisotopic (exact) mass is 444 g/mol. The van der Waals surface area contributed by atoms with Crippen LogP contribution in [0.1, 0.15) is 38.2 Å². The fourth-order valence-electron chi connectivity index (χ4n) is 2.93. The highest BCUT2D eigenvalue weighted by molar-refractivity contribution is 7.71. The Morgan fingerprint density at radius 2 is 2.00 bits per heavy atom. The standard InChI is InChI=1S/C22H25ClN4O2S/c1-3-4-5-8-13-29-19-12-11-16(14-20(19)28-2)15-24-27-21(25-26-22(27)30)17-9-6-7-10-18(17)23/h6-7,9-12,14-15H,3-5,8,13H2,1-2H3,(H,26,30)/b24-15+. The van der Waals surface area contributed by atoms with Gasteiger partial charge < -0.3 is 9.47 Å². The van der Waals surface area contributed by atoms with E-state index < -0.39 is 0 Å². The van der Waals surface area contributed by atoms with E-state index in [2.05, 4.69) is 22.2 Å². The van der Waals surface area contributed by atoms with E-state index in [4.69, 9.17) is 33.3 Å². The van der Waals surface area contributed by atoms with Crippen molar-refractivity contribution in [2.24, 2.45) is 5.10 Å². The van der Waals surface area contributed by atoms with Gasteiger partial charge in [-0.15, -0.1) is 0 Å². The number of H-pyrrole nitrogens is 1. The van der Waals surface area contributed by atoms with E-state index in [9.17, 15) is 0 Å². The summed E-state index contributed by atoms with van der Waals surface area (Å²) in [6.45, 7) is 2.87. The second-order valence-electron chi connectivity index (χ2n) is 6.71. The number of hydrogen-bond donors (Lipinski definition) is 1. The SMILES string of the molecule is CCCCCCOc1ccc(/C=N/n2c(-c3ccccc3Cl)n[nH]c2=S)cc1OC. The van der Waals surface area contributed by atoms with Gasteiger partial charge in [-0.1, -0.05) is 49.9 Å². The van der Waals surface area contributed by atoms with Crippen molar-refractivity contribution in [2.75, 3.05) is 13.7 Å². The van der Waals surface area contributed by atoms with E-state index in [0.29, 0.717) is 28.0 Å². The molecule has 158 valence electrons. The molecule has 0 aliphatic rings. The van der Waals surface area contributed by atoms with Gasteiger partial charge in [-0.05, 0) is 54.5 Å². The molecule has 1 heterocycles. The predicted octanol–water partition coefficient (Wildman–Crippen LogP) is 6.11. The average Bonchev–Trinajstić information content (AvgIpc) is 3.13. The molecule has 3 rings (SSSR count). The summed E-state index contributed by atoms with van der Waals surface area (Å²) in [5, 5.41) is 12.1. The third-order valence-corrected chi connectivity index (χ3v) is 5.12. The minimum Gasteiger partial charge on any atom is -0.493 e. The topological polar surface area (TPSA) is 64.4 Å². The molecule has 8 heteroatoms. The maximum atomic E-state index is 6.30. The zero-order valence-corrected chi connectivity index (χ0v) is 18.7. The number of ether oxygens (including phenoxy) is 2. The first kappa shape index (κ1) is 22.1. The van der Waals surface area contributed by atoms with Gasteiger partial charge in [-0.2, -0.15) is 14.9 Å². The van der Waals surface area contributed by atoms with Crippen molar-refractivity contribution in [3.05, 3.63) is 57.8 Å². The lowest BCUT2D eigenvalue weighted by atomic mass is 10.2. The largest absolute Gasteiger partial charge is 0.493 e. The molecule has 0 aliphatic heterocycles. The van der Waals surface area contributed by atoms with Crippen molar-refractivity contribution >= 4 is 30.0 Å². The van der Waals surface area contributed by atoms with Crippen LogP contribution in [-0.4, -0.2) is 34.8 Å². The van der Waals surface area contributed by atoms with Crippen molar-refractivity contribution in [2.45, 2.75) is 32.6 Å². The normalized spacial score (nSPS) is 11.2. The van der Waals surface area contributed by atoms with Crippen molar-refractivity contribution < 1.29 is 9.47 Å². The molecule has 0 spiro atoms. The first-order chi connectivity index (χ1) is 14.6. The van der Waals surface area contributed by atoms with E-state index in [1.165, 1.54) is 19.3 Å². The summed E-state index contributed by atoms with van der Waals surface area (Å²) in [5.74, 6) is 1.93. The lowest BCUT2D eigenvalue weighted by molar-refractivity contribution is 0.285.